The van der Waals surface area contributed by atoms with Gasteiger partial charge in [0.2, 0.25) is 0 Å². The summed E-state index contributed by atoms with van der Waals surface area (Å²) in [7, 11) is 0. The maximum atomic E-state index is 10.8. The second-order valence-electron chi connectivity index (χ2n) is 4.20. The van der Waals surface area contributed by atoms with Crippen molar-refractivity contribution in [2.75, 3.05) is 0 Å². The number of aryl methyl sites for hydroxylation is 1. The number of aldehydes is 1. The number of fused-ring (bicyclic) bond motifs is 1. The van der Waals surface area contributed by atoms with Gasteiger partial charge in [-0.3, -0.25) is 0 Å². The maximum Gasteiger partial charge on any atom is 0.154 e. The van der Waals surface area contributed by atoms with Crippen LogP contribution in [0.1, 0.15) is 49.3 Å². The van der Waals surface area contributed by atoms with E-state index in [9.17, 15) is 4.79 Å². The molecule has 4 nitrogen and oxygen atoms in total. The second-order valence-corrected chi connectivity index (χ2v) is 4.20. The molecule has 1 unspecified atom stereocenters. The van der Waals surface area contributed by atoms with Gasteiger partial charge in [0.15, 0.2) is 5.82 Å². The van der Waals surface area contributed by atoms with E-state index in [-0.39, 0.29) is 6.04 Å². The Labute approximate surface area is 82.3 Å². The van der Waals surface area contributed by atoms with Crippen molar-refractivity contribution in [3.8, 4) is 0 Å². The summed E-state index contributed by atoms with van der Waals surface area (Å²) in [5, 5.41) is 4.44. The Morgan fingerprint density at radius 1 is 1.36 bits per heavy atom. The van der Waals surface area contributed by atoms with Crippen LogP contribution in [0.3, 0.4) is 0 Å². The van der Waals surface area contributed by atoms with Crippen molar-refractivity contribution < 1.29 is 4.79 Å². The third-order valence-electron chi connectivity index (χ3n) is 3.03. The van der Waals surface area contributed by atoms with E-state index in [1.165, 1.54) is 12.8 Å². The summed E-state index contributed by atoms with van der Waals surface area (Å²) in [4.78, 5) is 15.3. The first kappa shape index (κ1) is 8.15. The van der Waals surface area contributed by atoms with E-state index < -0.39 is 0 Å². The largest absolute Gasteiger partial charge is 0.301 e. The molecule has 2 aliphatic rings. The predicted molar refractivity (Wildman–Crippen MR) is 50.0 cm³/mol. The van der Waals surface area contributed by atoms with Crippen LogP contribution in [0.25, 0.3) is 0 Å². The first-order valence-corrected chi connectivity index (χ1v) is 5.29. The lowest BCUT2D eigenvalue weighted by Crippen LogP contribution is -2.20. The van der Waals surface area contributed by atoms with Crippen molar-refractivity contribution in [2.24, 2.45) is 0 Å². The van der Waals surface area contributed by atoms with Crippen molar-refractivity contribution in [3.05, 3.63) is 11.6 Å². The van der Waals surface area contributed by atoms with Gasteiger partial charge in [-0.1, -0.05) is 0 Å². The van der Waals surface area contributed by atoms with Gasteiger partial charge in [0.25, 0.3) is 0 Å². The van der Waals surface area contributed by atoms with E-state index in [4.69, 9.17) is 0 Å². The average Bonchev–Trinajstić information content (AvgIpc) is 2.97. The minimum atomic E-state index is -0.0567. The number of aromatic nitrogens is 3. The highest BCUT2D eigenvalue weighted by atomic mass is 16.1. The average molecular weight is 191 g/mol. The molecule has 0 aromatic carbocycles. The summed E-state index contributed by atoms with van der Waals surface area (Å²) in [6, 6.07) is -0.0567. The molecule has 1 aromatic heterocycles. The van der Waals surface area contributed by atoms with Crippen LogP contribution in [0.4, 0.5) is 0 Å². The van der Waals surface area contributed by atoms with Crippen LogP contribution in [0.15, 0.2) is 0 Å². The van der Waals surface area contributed by atoms with Gasteiger partial charge >= 0.3 is 0 Å². The highest BCUT2D eigenvalue weighted by Gasteiger charge is 2.31. The zero-order valence-electron chi connectivity index (χ0n) is 8.02. The van der Waals surface area contributed by atoms with Gasteiger partial charge in [0.05, 0.1) is 0 Å². The van der Waals surface area contributed by atoms with Crippen molar-refractivity contribution in [2.45, 2.75) is 44.1 Å². The normalized spacial score (nSPS) is 25.9. The lowest BCUT2D eigenvalue weighted by Gasteiger charge is -2.17. The Kier molecular flexibility index (Phi) is 1.69. The first-order chi connectivity index (χ1) is 6.88. The quantitative estimate of drug-likeness (QED) is 0.660. The van der Waals surface area contributed by atoms with Crippen LogP contribution in [0.5, 0.6) is 0 Å². The lowest BCUT2D eigenvalue weighted by atomic mass is 10.1. The standard InChI is InChI=1S/C10H13N3O/c14-6-8-2-1-3-9-11-10(7-4-5-7)12-13(8)9/h6-8H,1-5H2. The molecule has 0 N–H and O–H groups in total. The molecule has 1 atom stereocenters. The smallest absolute Gasteiger partial charge is 0.154 e. The molecule has 1 aliphatic carbocycles. The Morgan fingerprint density at radius 2 is 2.21 bits per heavy atom. The molecular weight excluding hydrogens is 178 g/mol. The highest BCUT2D eigenvalue weighted by Crippen LogP contribution is 2.39. The Bertz CT molecular complexity index is 367. The molecule has 1 aliphatic heterocycles. The summed E-state index contributed by atoms with van der Waals surface area (Å²) < 4.78 is 1.84. The van der Waals surface area contributed by atoms with E-state index in [1.807, 2.05) is 4.68 Å². The second kappa shape index (κ2) is 2.90. The maximum absolute atomic E-state index is 10.8. The molecule has 1 fully saturated rings. The van der Waals surface area contributed by atoms with Crippen molar-refractivity contribution in [1.82, 2.24) is 14.8 Å². The van der Waals surface area contributed by atoms with Gasteiger partial charge in [0.1, 0.15) is 18.2 Å². The Hall–Kier alpha value is -1.19. The van der Waals surface area contributed by atoms with Gasteiger partial charge in [-0.05, 0) is 25.7 Å². The molecule has 3 rings (SSSR count). The minimum absolute atomic E-state index is 0.0567. The van der Waals surface area contributed by atoms with Gasteiger partial charge in [-0.15, -0.1) is 0 Å². The summed E-state index contributed by atoms with van der Waals surface area (Å²) in [6.45, 7) is 0. The van der Waals surface area contributed by atoms with E-state index >= 15 is 0 Å². The first-order valence-electron chi connectivity index (χ1n) is 5.29. The molecule has 4 heteroatoms. The summed E-state index contributed by atoms with van der Waals surface area (Å²) in [5.41, 5.74) is 0. The topological polar surface area (TPSA) is 47.8 Å². The fourth-order valence-corrected chi connectivity index (χ4v) is 2.04. The fourth-order valence-electron chi connectivity index (χ4n) is 2.04. The molecule has 74 valence electrons. The van der Waals surface area contributed by atoms with Crippen molar-refractivity contribution in [1.29, 1.82) is 0 Å². The molecular formula is C10H13N3O. The summed E-state index contributed by atoms with van der Waals surface area (Å²) in [5.74, 6) is 2.56. The Balaban J connectivity index is 1.99. The molecule has 1 saturated carbocycles. The lowest BCUT2D eigenvalue weighted by molar-refractivity contribution is -0.111. The van der Waals surface area contributed by atoms with E-state index in [0.717, 1.165) is 37.2 Å². The summed E-state index contributed by atoms with van der Waals surface area (Å²) >= 11 is 0. The molecule has 1 aromatic rings. The SMILES string of the molecule is O=CC1CCCc2nc(C3CC3)nn21. The number of carbonyl (C=O) groups is 1. The molecule has 0 amide bonds. The summed E-state index contributed by atoms with van der Waals surface area (Å²) in [6.07, 6.45) is 6.39. The number of carbonyl (C=O) groups excluding carboxylic acids is 1. The van der Waals surface area contributed by atoms with Crippen LogP contribution < -0.4 is 0 Å². The molecule has 0 spiro atoms. The van der Waals surface area contributed by atoms with Crippen LogP contribution in [0.2, 0.25) is 0 Å². The number of hydrogen-bond donors (Lipinski definition) is 0. The molecule has 2 heterocycles. The van der Waals surface area contributed by atoms with Crippen LogP contribution in [0, 0.1) is 0 Å². The molecule has 0 radical (unpaired) electrons. The predicted octanol–water partition coefficient (Wildman–Crippen LogP) is 1.23. The van der Waals surface area contributed by atoms with Crippen molar-refractivity contribution in [3.63, 3.8) is 0 Å². The van der Waals surface area contributed by atoms with Crippen LogP contribution in [-0.2, 0) is 11.2 Å². The van der Waals surface area contributed by atoms with Crippen LogP contribution >= 0.6 is 0 Å². The third-order valence-corrected chi connectivity index (χ3v) is 3.03. The zero-order valence-corrected chi connectivity index (χ0v) is 8.02. The highest BCUT2D eigenvalue weighted by molar-refractivity contribution is 5.56. The van der Waals surface area contributed by atoms with Crippen LogP contribution in [-0.4, -0.2) is 21.1 Å². The minimum Gasteiger partial charge on any atom is -0.301 e. The van der Waals surface area contributed by atoms with E-state index in [0.29, 0.717) is 5.92 Å². The number of rotatable bonds is 2. The number of hydrogen-bond acceptors (Lipinski definition) is 3. The Morgan fingerprint density at radius 3 is 2.93 bits per heavy atom. The van der Waals surface area contributed by atoms with Gasteiger partial charge in [0, 0.05) is 12.3 Å². The third kappa shape index (κ3) is 1.17. The number of nitrogens with zero attached hydrogens (tertiary/aromatic N) is 3. The zero-order chi connectivity index (χ0) is 9.54. The van der Waals surface area contributed by atoms with Gasteiger partial charge < -0.3 is 4.79 Å². The van der Waals surface area contributed by atoms with Gasteiger partial charge in [-0.2, -0.15) is 5.10 Å². The molecule has 0 bridgehead atoms. The fraction of sp³-hybridized carbons (Fsp3) is 0.700. The van der Waals surface area contributed by atoms with Gasteiger partial charge in [-0.25, -0.2) is 9.67 Å². The monoisotopic (exact) mass is 191 g/mol. The molecule has 0 saturated heterocycles. The van der Waals surface area contributed by atoms with E-state index in [2.05, 4.69) is 10.1 Å². The molecule has 14 heavy (non-hydrogen) atoms. The van der Waals surface area contributed by atoms with E-state index in [1.54, 1.807) is 0 Å². The van der Waals surface area contributed by atoms with Crippen molar-refractivity contribution >= 4 is 6.29 Å².